The second kappa shape index (κ2) is 10.5. The highest BCUT2D eigenvalue weighted by molar-refractivity contribution is 6.31. The summed E-state index contributed by atoms with van der Waals surface area (Å²) < 4.78 is 10.9. The fourth-order valence-electron chi connectivity index (χ4n) is 4.77. The highest BCUT2D eigenvalue weighted by Crippen LogP contribution is 2.36. The van der Waals surface area contributed by atoms with Gasteiger partial charge in [-0.15, -0.1) is 0 Å². The number of amides is 1. The Kier molecular flexibility index (Phi) is 6.97. The van der Waals surface area contributed by atoms with E-state index in [0.717, 1.165) is 40.7 Å². The highest BCUT2D eigenvalue weighted by Gasteiger charge is 2.26. The number of halogens is 1. The highest BCUT2D eigenvalue weighted by atomic mass is 35.5. The van der Waals surface area contributed by atoms with Crippen LogP contribution in [0, 0.1) is 0 Å². The number of carbonyl (C=O) groups is 2. The lowest BCUT2D eigenvalue weighted by molar-refractivity contribution is -0.139. The van der Waals surface area contributed by atoms with Crippen molar-refractivity contribution in [2.75, 3.05) is 5.32 Å². The number of anilines is 1. The van der Waals surface area contributed by atoms with Crippen LogP contribution in [-0.2, 0) is 16.0 Å². The number of rotatable bonds is 6. The first-order valence-electron chi connectivity index (χ1n) is 12.0. The van der Waals surface area contributed by atoms with Crippen LogP contribution in [0.2, 0.25) is 5.02 Å². The Labute approximate surface area is 219 Å². The molecule has 37 heavy (non-hydrogen) atoms. The standard InChI is InChI=1S/C29H25ClN2O5/c1-17(22-6-2-3-8-25(22)30)36-29(35)32-26-16-31-37-27(26)19-11-9-18(10-12-19)20-13-14-23-21(15-20)5-4-7-24(23)28(33)34/h2-3,6,8-17,24H,4-5,7H2,1H3,(H,32,35)(H,33,34). The third-order valence-electron chi connectivity index (χ3n) is 6.67. The zero-order valence-corrected chi connectivity index (χ0v) is 20.9. The van der Waals surface area contributed by atoms with Gasteiger partial charge in [-0.05, 0) is 54.5 Å². The van der Waals surface area contributed by atoms with E-state index in [9.17, 15) is 14.7 Å². The number of fused-ring (bicyclic) bond motifs is 1. The zero-order chi connectivity index (χ0) is 25.9. The van der Waals surface area contributed by atoms with E-state index in [0.29, 0.717) is 28.5 Å². The summed E-state index contributed by atoms with van der Waals surface area (Å²) in [5, 5.41) is 16.6. The van der Waals surface area contributed by atoms with Crippen LogP contribution in [0.5, 0.6) is 0 Å². The van der Waals surface area contributed by atoms with Crippen molar-refractivity contribution >= 4 is 29.4 Å². The lowest BCUT2D eigenvalue weighted by Crippen LogP contribution is -2.17. The van der Waals surface area contributed by atoms with E-state index in [4.69, 9.17) is 20.9 Å². The molecule has 0 saturated heterocycles. The molecule has 1 aromatic heterocycles. The van der Waals surface area contributed by atoms with Crippen LogP contribution in [0.25, 0.3) is 22.5 Å². The van der Waals surface area contributed by atoms with E-state index in [1.165, 1.54) is 6.20 Å². The molecule has 0 fully saturated rings. The van der Waals surface area contributed by atoms with Gasteiger partial charge in [0.05, 0.1) is 12.1 Å². The number of nitrogens with zero attached hydrogens (tertiary/aromatic N) is 1. The maximum absolute atomic E-state index is 12.5. The summed E-state index contributed by atoms with van der Waals surface area (Å²) in [6.45, 7) is 1.75. The molecule has 2 atom stereocenters. The maximum atomic E-state index is 12.5. The van der Waals surface area contributed by atoms with Crippen molar-refractivity contribution in [2.24, 2.45) is 0 Å². The summed E-state index contributed by atoms with van der Waals surface area (Å²) in [6, 6.07) is 20.9. The molecule has 1 aliphatic carbocycles. The van der Waals surface area contributed by atoms with Crippen LogP contribution in [-0.4, -0.2) is 22.3 Å². The molecule has 0 spiro atoms. The average molecular weight is 517 g/mol. The molecule has 8 heteroatoms. The van der Waals surface area contributed by atoms with Gasteiger partial charge >= 0.3 is 12.1 Å². The van der Waals surface area contributed by atoms with E-state index >= 15 is 0 Å². The van der Waals surface area contributed by atoms with Crippen molar-refractivity contribution in [1.29, 1.82) is 0 Å². The quantitative estimate of drug-likeness (QED) is 0.275. The molecule has 0 aliphatic heterocycles. The Morgan fingerprint density at radius 3 is 2.57 bits per heavy atom. The molecule has 2 N–H and O–H groups in total. The fraction of sp³-hybridized carbons (Fsp3) is 0.207. The van der Waals surface area contributed by atoms with Gasteiger partial charge in [0, 0.05) is 16.1 Å². The van der Waals surface area contributed by atoms with Crippen molar-refractivity contribution in [3.63, 3.8) is 0 Å². The number of hydrogen-bond donors (Lipinski definition) is 2. The predicted octanol–water partition coefficient (Wildman–Crippen LogP) is 7.48. The van der Waals surface area contributed by atoms with E-state index < -0.39 is 24.1 Å². The smallest absolute Gasteiger partial charge is 0.412 e. The molecule has 5 rings (SSSR count). The zero-order valence-electron chi connectivity index (χ0n) is 20.1. The number of nitrogens with one attached hydrogen (secondary N) is 1. The summed E-state index contributed by atoms with van der Waals surface area (Å²) in [5.41, 5.74) is 5.84. The van der Waals surface area contributed by atoms with E-state index in [1.54, 1.807) is 19.1 Å². The second-order valence-electron chi connectivity index (χ2n) is 9.04. The lowest BCUT2D eigenvalue weighted by atomic mass is 9.81. The van der Waals surface area contributed by atoms with E-state index in [2.05, 4.69) is 16.5 Å². The Hall–Kier alpha value is -4.10. The largest absolute Gasteiger partial charge is 0.481 e. The molecule has 0 bridgehead atoms. The first-order chi connectivity index (χ1) is 17.9. The van der Waals surface area contributed by atoms with Gasteiger partial charge in [-0.3, -0.25) is 10.1 Å². The molecule has 188 valence electrons. The predicted molar refractivity (Wildman–Crippen MR) is 141 cm³/mol. The van der Waals surface area contributed by atoms with Gasteiger partial charge < -0.3 is 14.4 Å². The molecule has 0 saturated carbocycles. The normalized spacial score (nSPS) is 15.5. The third kappa shape index (κ3) is 5.22. The molecule has 1 heterocycles. The molecule has 2 unspecified atom stereocenters. The first kappa shape index (κ1) is 24.6. The first-order valence-corrected chi connectivity index (χ1v) is 12.4. The van der Waals surface area contributed by atoms with Gasteiger partial charge in [0.2, 0.25) is 0 Å². The summed E-state index contributed by atoms with van der Waals surface area (Å²) >= 11 is 6.20. The third-order valence-corrected chi connectivity index (χ3v) is 7.01. The lowest BCUT2D eigenvalue weighted by Gasteiger charge is -2.23. The van der Waals surface area contributed by atoms with Gasteiger partial charge in [-0.2, -0.15) is 0 Å². The molecule has 1 amide bonds. The Bertz CT molecular complexity index is 1450. The number of aliphatic carboxylic acids is 1. The molecule has 3 aromatic carbocycles. The summed E-state index contributed by atoms with van der Waals surface area (Å²) in [4.78, 5) is 24.1. The fourth-order valence-corrected chi connectivity index (χ4v) is 5.06. The number of carbonyl (C=O) groups excluding carboxylic acids is 1. The number of carboxylic acids is 1. The summed E-state index contributed by atoms with van der Waals surface area (Å²) in [7, 11) is 0. The van der Waals surface area contributed by atoms with Crippen LogP contribution in [0.4, 0.5) is 10.5 Å². The Balaban J connectivity index is 1.30. The molecular formula is C29H25ClN2O5. The Morgan fingerprint density at radius 1 is 1.08 bits per heavy atom. The minimum absolute atomic E-state index is 0.387. The van der Waals surface area contributed by atoms with Gasteiger partial charge in [-0.25, -0.2) is 4.79 Å². The van der Waals surface area contributed by atoms with Crippen LogP contribution in [0.15, 0.2) is 77.4 Å². The average Bonchev–Trinajstić information content (AvgIpc) is 3.36. The monoisotopic (exact) mass is 516 g/mol. The number of aryl methyl sites for hydroxylation is 1. The van der Waals surface area contributed by atoms with E-state index in [1.807, 2.05) is 48.5 Å². The maximum Gasteiger partial charge on any atom is 0.412 e. The number of ether oxygens (including phenoxy) is 1. The van der Waals surface area contributed by atoms with Gasteiger partial charge in [0.15, 0.2) is 5.76 Å². The van der Waals surface area contributed by atoms with Crippen molar-refractivity contribution in [3.05, 3.63) is 94.6 Å². The molecule has 0 radical (unpaired) electrons. The molecule has 4 aromatic rings. The summed E-state index contributed by atoms with van der Waals surface area (Å²) in [6.07, 6.45) is 2.65. The summed E-state index contributed by atoms with van der Waals surface area (Å²) in [5.74, 6) is -0.794. The van der Waals surface area contributed by atoms with E-state index in [-0.39, 0.29) is 0 Å². The minimum Gasteiger partial charge on any atom is -0.481 e. The number of carboxylic acid groups (broad SMARTS) is 1. The molecule has 7 nitrogen and oxygen atoms in total. The van der Waals surface area contributed by atoms with Gasteiger partial charge in [0.25, 0.3) is 0 Å². The van der Waals surface area contributed by atoms with Crippen molar-refractivity contribution < 1.29 is 24.0 Å². The number of hydrogen-bond acceptors (Lipinski definition) is 5. The van der Waals surface area contributed by atoms with Crippen LogP contribution >= 0.6 is 11.6 Å². The van der Waals surface area contributed by atoms with Crippen LogP contribution < -0.4 is 5.32 Å². The second-order valence-corrected chi connectivity index (χ2v) is 9.44. The van der Waals surface area contributed by atoms with Crippen LogP contribution in [0.3, 0.4) is 0 Å². The molecule has 1 aliphatic rings. The minimum atomic E-state index is -0.767. The van der Waals surface area contributed by atoms with Crippen molar-refractivity contribution in [2.45, 2.75) is 38.2 Å². The van der Waals surface area contributed by atoms with Crippen molar-refractivity contribution in [3.8, 4) is 22.5 Å². The Morgan fingerprint density at radius 2 is 1.81 bits per heavy atom. The van der Waals surface area contributed by atoms with Crippen molar-refractivity contribution in [1.82, 2.24) is 5.16 Å². The number of benzene rings is 3. The molecular weight excluding hydrogens is 492 g/mol. The van der Waals surface area contributed by atoms with Gasteiger partial charge in [0.1, 0.15) is 11.8 Å². The van der Waals surface area contributed by atoms with Crippen LogP contribution in [0.1, 0.15) is 48.5 Å². The SMILES string of the molecule is CC(OC(=O)Nc1cnoc1-c1ccc(-c2ccc3c(c2)CCCC3C(=O)O)cc1)c1ccccc1Cl. The topological polar surface area (TPSA) is 102 Å². The number of aromatic nitrogens is 1. The van der Waals surface area contributed by atoms with Gasteiger partial charge in [-0.1, -0.05) is 77.4 Å².